The van der Waals surface area contributed by atoms with Gasteiger partial charge in [-0.2, -0.15) is 0 Å². The van der Waals surface area contributed by atoms with Crippen molar-refractivity contribution in [2.75, 3.05) is 36.6 Å². The molecule has 0 aliphatic carbocycles. The number of hydrogen-bond donors (Lipinski definition) is 1. The Morgan fingerprint density at radius 1 is 1.15 bits per heavy atom. The fourth-order valence-electron chi connectivity index (χ4n) is 2.60. The van der Waals surface area contributed by atoms with E-state index >= 15 is 0 Å². The summed E-state index contributed by atoms with van der Waals surface area (Å²) in [6, 6.07) is 8.19. The van der Waals surface area contributed by atoms with E-state index in [4.69, 9.17) is 9.47 Å². The van der Waals surface area contributed by atoms with Crippen LogP contribution in [0.15, 0.2) is 36.4 Å². The third-order valence-electron chi connectivity index (χ3n) is 3.79. The molecule has 146 valence electrons. The first-order valence-corrected chi connectivity index (χ1v) is 9.86. The maximum absolute atomic E-state index is 13.4. The number of nitrogens with one attached hydrogen (secondary N) is 1. The molecule has 0 bridgehead atoms. The fraction of sp³-hybridized carbons (Fsp3) is 0.278. The average Bonchev–Trinajstić information content (AvgIpc) is 2.60. The lowest BCUT2D eigenvalue weighted by atomic mass is 10.1. The van der Waals surface area contributed by atoms with E-state index in [1.54, 1.807) is 6.92 Å². The van der Waals surface area contributed by atoms with Crippen LogP contribution >= 0.6 is 0 Å². The monoisotopic (exact) mass is 396 g/mol. The molecule has 0 spiro atoms. The summed E-state index contributed by atoms with van der Waals surface area (Å²) in [7, 11) is -0.841. The minimum Gasteiger partial charge on any atom is -0.493 e. The summed E-state index contributed by atoms with van der Waals surface area (Å²) in [5.74, 6) is -0.586. The van der Waals surface area contributed by atoms with Gasteiger partial charge < -0.3 is 14.8 Å². The summed E-state index contributed by atoms with van der Waals surface area (Å²) >= 11 is 0. The Kier molecular flexibility index (Phi) is 6.27. The minimum absolute atomic E-state index is 0.0455. The van der Waals surface area contributed by atoms with Gasteiger partial charge in [-0.25, -0.2) is 12.8 Å². The van der Waals surface area contributed by atoms with Gasteiger partial charge in [0.1, 0.15) is 5.82 Å². The molecule has 0 saturated heterocycles. The number of hydrogen-bond acceptors (Lipinski definition) is 5. The second-order valence-corrected chi connectivity index (χ2v) is 7.52. The second kappa shape index (κ2) is 8.26. The van der Waals surface area contributed by atoms with Crippen molar-refractivity contribution in [2.24, 2.45) is 0 Å². The highest BCUT2D eigenvalue weighted by molar-refractivity contribution is 7.92. The van der Waals surface area contributed by atoms with Crippen LogP contribution in [0, 0.1) is 5.82 Å². The number of sulfonamides is 1. The number of rotatable bonds is 7. The van der Waals surface area contributed by atoms with Gasteiger partial charge in [0.15, 0.2) is 11.5 Å². The van der Waals surface area contributed by atoms with Gasteiger partial charge in [-0.15, -0.1) is 0 Å². The molecule has 0 aromatic heterocycles. The SMILES string of the molecule is CCN(c1cc(OC)c(OC)cc1C(=O)Nc1cccc(F)c1)S(C)(=O)=O. The second-order valence-electron chi connectivity index (χ2n) is 5.62. The summed E-state index contributed by atoms with van der Waals surface area (Å²) in [6.45, 7) is 1.75. The topological polar surface area (TPSA) is 84.9 Å². The van der Waals surface area contributed by atoms with Crippen molar-refractivity contribution in [3.8, 4) is 11.5 Å². The lowest BCUT2D eigenvalue weighted by Crippen LogP contribution is -2.31. The molecule has 0 saturated carbocycles. The highest BCUT2D eigenvalue weighted by Crippen LogP contribution is 2.36. The van der Waals surface area contributed by atoms with Crippen molar-refractivity contribution in [3.63, 3.8) is 0 Å². The molecule has 1 N–H and O–H groups in total. The molecule has 0 heterocycles. The van der Waals surface area contributed by atoms with E-state index in [2.05, 4.69) is 5.32 Å². The van der Waals surface area contributed by atoms with E-state index in [1.165, 1.54) is 44.6 Å². The molecule has 2 rings (SSSR count). The van der Waals surface area contributed by atoms with Gasteiger partial charge in [0.25, 0.3) is 5.91 Å². The zero-order valence-corrected chi connectivity index (χ0v) is 16.3. The Hall–Kier alpha value is -2.81. The van der Waals surface area contributed by atoms with Crippen molar-refractivity contribution in [2.45, 2.75) is 6.92 Å². The van der Waals surface area contributed by atoms with Crippen molar-refractivity contribution in [1.29, 1.82) is 0 Å². The Morgan fingerprint density at radius 3 is 2.30 bits per heavy atom. The molecule has 27 heavy (non-hydrogen) atoms. The van der Waals surface area contributed by atoms with Crippen molar-refractivity contribution < 1.29 is 27.1 Å². The molecule has 1 amide bonds. The van der Waals surface area contributed by atoms with Gasteiger partial charge >= 0.3 is 0 Å². The quantitative estimate of drug-likeness (QED) is 0.778. The van der Waals surface area contributed by atoms with Gasteiger partial charge in [0, 0.05) is 18.3 Å². The molecule has 2 aromatic carbocycles. The molecule has 7 nitrogen and oxygen atoms in total. The van der Waals surface area contributed by atoms with Crippen LogP contribution in [0.25, 0.3) is 0 Å². The van der Waals surface area contributed by atoms with Crippen molar-refractivity contribution in [1.82, 2.24) is 0 Å². The van der Waals surface area contributed by atoms with E-state index < -0.39 is 21.7 Å². The first-order chi connectivity index (χ1) is 12.7. The number of carbonyl (C=O) groups excluding carboxylic acids is 1. The molecule has 0 aliphatic rings. The van der Waals surface area contributed by atoms with Crippen molar-refractivity contribution in [3.05, 3.63) is 47.8 Å². The number of benzene rings is 2. The maximum atomic E-state index is 13.4. The molecular formula is C18H21FN2O5S. The summed E-state index contributed by atoms with van der Waals surface area (Å²) in [6.07, 6.45) is 1.04. The van der Waals surface area contributed by atoms with Crippen LogP contribution in [-0.2, 0) is 10.0 Å². The van der Waals surface area contributed by atoms with Gasteiger partial charge in [-0.05, 0) is 31.2 Å². The highest BCUT2D eigenvalue weighted by Gasteiger charge is 2.25. The number of methoxy groups -OCH3 is 2. The fourth-order valence-corrected chi connectivity index (χ4v) is 3.58. The van der Waals surface area contributed by atoms with Gasteiger partial charge in [-0.3, -0.25) is 9.10 Å². The number of nitrogens with zero attached hydrogens (tertiary/aromatic N) is 1. The number of halogens is 1. The number of anilines is 2. The van der Waals surface area contributed by atoms with Crippen LogP contribution in [0.2, 0.25) is 0 Å². The van der Waals surface area contributed by atoms with Crippen LogP contribution in [-0.4, -0.2) is 41.3 Å². The molecule has 0 aliphatic heterocycles. The van der Waals surface area contributed by atoms with Crippen LogP contribution in [0.1, 0.15) is 17.3 Å². The smallest absolute Gasteiger partial charge is 0.257 e. The molecule has 0 fully saturated rings. The first-order valence-electron chi connectivity index (χ1n) is 8.02. The van der Waals surface area contributed by atoms with Gasteiger partial charge in [0.05, 0.1) is 31.7 Å². The average molecular weight is 396 g/mol. The Morgan fingerprint density at radius 2 is 1.78 bits per heavy atom. The third-order valence-corrected chi connectivity index (χ3v) is 5.04. The molecule has 0 unspecified atom stereocenters. The summed E-state index contributed by atoms with van der Waals surface area (Å²) in [5.41, 5.74) is 0.416. The van der Waals surface area contributed by atoms with Crippen LogP contribution < -0.4 is 19.1 Å². The zero-order chi connectivity index (χ0) is 20.2. The Bertz CT molecular complexity index is 947. The zero-order valence-electron chi connectivity index (χ0n) is 15.4. The normalized spacial score (nSPS) is 11.0. The summed E-state index contributed by atoms with van der Waals surface area (Å²) in [4.78, 5) is 12.8. The number of amides is 1. The lowest BCUT2D eigenvalue weighted by Gasteiger charge is -2.24. The minimum atomic E-state index is -3.65. The molecule has 2 aromatic rings. The van der Waals surface area contributed by atoms with E-state index in [9.17, 15) is 17.6 Å². The Balaban J connectivity index is 2.59. The third kappa shape index (κ3) is 4.68. The van der Waals surface area contributed by atoms with Gasteiger partial charge in [0.2, 0.25) is 10.0 Å². The lowest BCUT2D eigenvalue weighted by molar-refractivity contribution is 0.102. The molecule has 0 atom stereocenters. The van der Waals surface area contributed by atoms with Crippen LogP contribution in [0.4, 0.5) is 15.8 Å². The number of carbonyl (C=O) groups is 1. The standard InChI is InChI=1S/C18H21FN2O5S/c1-5-21(27(4,23)24)15-11-17(26-3)16(25-2)10-14(15)18(22)20-13-8-6-7-12(19)9-13/h6-11H,5H2,1-4H3,(H,20,22). The van der Waals surface area contributed by atoms with Crippen LogP contribution in [0.5, 0.6) is 11.5 Å². The largest absolute Gasteiger partial charge is 0.493 e. The van der Waals surface area contributed by atoms with Crippen molar-refractivity contribution >= 4 is 27.3 Å². The van der Waals surface area contributed by atoms with Gasteiger partial charge in [-0.1, -0.05) is 6.07 Å². The number of ether oxygens (including phenoxy) is 2. The van der Waals surface area contributed by atoms with E-state index in [-0.39, 0.29) is 35.0 Å². The van der Waals surface area contributed by atoms with E-state index in [1.807, 2.05) is 0 Å². The maximum Gasteiger partial charge on any atom is 0.257 e. The Labute approximate surface area is 157 Å². The predicted octanol–water partition coefficient (Wildman–Crippen LogP) is 2.88. The predicted molar refractivity (Wildman–Crippen MR) is 102 cm³/mol. The molecule has 0 radical (unpaired) electrons. The molecule has 9 heteroatoms. The summed E-state index contributed by atoms with van der Waals surface area (Å²) in [5, 5.41) is 2.56. The molecular weight excluding hydrogens is 375 g/mol. The first kappa shape index (κ1) is 20.5. The highest BCUT2D eigenvalue weighted by atomic mass is 32.2. The summed E-state index contributed by atoms with van der Waals surface area (Å²) < 4.78 is 49.2. The van der Waals surface area contributed by atoms with E-state index in [0.29, 0.717) is 0 Å². The van der Waals surface area contributed by atoms with E-state index in [0.717, 1.165) is 16.6 Å². The van der Waals surface area contributed by atoms with Crippen LogP contribution in [0.3, 0.4) is 0 Å².